The highest BCUT2D eigenvalue weighted by Gasteiger charge is 2.59. The van der Waals surface area contributed by atoms with Crippen molar-refractivity contribution in [3.63, 3.8) is 0 Å². The summed E-state index contributed by atoms with van der Waals surface area (Å²) in [6.07, 6.45) is 0. The number of esters is 1. The third-order valence-electron chi connectivity index (χ3n) is 5.06. The van der Waals surface area contributed by atoms with Gasteiger partial charge in [0.1, 0.15) is 29.6 Å². The zero-order chi connectivity index (χ0) is 20.6. The van der Waals surface area contributed by atoms with Crippen molar-refractivity contribution in [2.75, 3.05) is 5.32 Å². The van der Waals surface area contributed by atoms with Crippen LogP contribution in [0.25, 0.3) is 0 Å². The largest absolute Gasteiger partial charge is 0.457 e. The zero-order valence-corrected chi connectivity index (χ0v) is 15.6. The summed E-state index contributed by atoms with van der Waals surface area (Å²) in [5.74, 6) is -1.39. The molecule has 144 valence electrons. The Morgan fingerprint density at radius 2 is 1.90 bits per heavy atom. The van der Waals surface area contributed by atoms with Gasteiger partial charge in [-0.25, -0.2) is 4.79 Å². The fourth-order valence-electron chi connectivity index (χ4n) is 3.83. The first-order chi connectivity index (χ1) is 14.0. The molecule has 2 aromatic carbocycles. The fraction of sp³-hybridized carbons (Fsp3) is 0.136. The van der Waals surface area contributed by atoms with Crippen LogP contribution in [-0.4, -0.2) is 11.9 Å². The van der Waals surface area contributed by atoms with Crippen LogP contribution in [0.15, 0.2) is 77.4 Å². The summed E-state index contributed by atoms with van der Waals surface area (Å²) in [5.41, 5.74) is 5.78. The standard InChI is InChI=1S/C22H17N3O4/c1-13-18(20(26)28-12-14-7-3-2-4-8-14)22(16(11-23)19(24)29-13)15-9-5-6-10-17(15)25-21(22)27/h2-10H,12,24H2,1H3,(H,25,27)/t22-/m0/s1. The zero-order valence-electron chi connectivity index (χ0n) is 15.6. The quantitative estimate of drug-likeness (QED) is 0.783. The lowest BCUT2D eigenvalue weighted by Gasteiger charge is -2.33. The van der Waals surface area contributed by atoms with Gasteiger partial charge in [0, 0.05) is 11.3 Å². The Bertz CT molecular complexity index is 1130. The van der Waals surface area contributed by atoms with Crippen molar-refractivity contribution in [3.8, 4) is 6.07 Å². The molecule has 0 unspecified atom stereocenters. The van der Waals surface area contributed by atoms with Gasteiger partial charge in [0.2, 0.25) is 11.8 Å². The number of amides is 1. The maximum absolute atomic E-state index is 13.2. The number of rotatable bonds is 3. The molecular formula is C22H17N3O4. The van der Waals surface area contributed by atoms with E-state index < -0.39 is 17.3 Å². The number of hydrogen-bond acceptors (Lipinski definition) is 6. The van der Waals surface area contributed by atoms with Crippen molar-refractivity contribution in [1.82, 2.24) is 0 Å². The van der Waals surface area contributed by atoms with E-state index in [4.69, 9.17) is 15.2 Å². The summed E-state index contributed by atoms with van der Waals surface area (Å²) in [4.78, 5) is 26.4. The highest BCUT2D eigenvalue weighted by molar-refractivity contribution is 6.17. The van der Waals surface area contributed by atoms with E-state index in [0.29, 0.717) is 11.3 Å². The van der Waals surface area contributed by atoms with Crippen molar-refractivity contribution >= 4 is 17.6 Å². The number of carbonyl (C=O) groups excluding carboxylic acids is 2. The minimum absolute atomic E-state index is 0.0108. The van der Waals surface area contributed by atoms with E-state index in [1.807, 2.05) is 36.4 Å². The molecule has 1 atom stereocenters. The molecule has 4 rings (SSSR count). The van der Waals surface area contributed by atoms with Gasteiger partial charge >= 0.3 is 5.97 Å². The Hall–Kier alpha value is -4.05. The van der Waals surface area contributed by atoms with Crippen LogP contribution < -0.4 is 11.1 Å². The molecule has 0 bridgehead atoms. The Labute approximate surface area is 167 Å². The van der Waals surface area contributed by atoms with E-state index in [1.54, 1.807) is 24.3 Å². The molecule has 0 saturated carbocycles. The minimum atomic E-state index is -1.72. The number of fused-ring (bicyclic) bond motifs is 2. The Balaban J connectivity index is 1.84. The molecule has 2 heterocycles. The third-order valence-corrected chi connectivity index (χ3v) is 5.06. The number of nitriles is 1. The van der Waals surface area contributed by atoms with Crippen LogP contribution >= 0.6 is 0 Å². The molecule has 0 aromatic heterocycles. The van der Waals surface area contributed by atoms with Crippen LogP contribution in [0, 0.1) is 11.3 Å². The molecule has 2 aliphatic rings. The van der Waals surface area contributed by atoms with Gasteiger partial charge in [0.15, 0.2) is 5.41 Å². The van der Waals surface area contributed by atoms with Gasteiger partial charge in [-0.15, -0.1) is 0 Å². The second kappa shape index (κ2) is 6.84. The van der Waals surface area contributed by atoms with Crippen LogP contribution in [0.4, 0.5) is 5.69 Å². The monoisotopic (exact) mass is 387 g/mol. The molecule has 1 amide bonds. The van der Waals surface area contributed by atoms with E-state index in [1.165, 1.54) is 6.92 Å². The molecule has 2 aromatic rings. The average molecular weight is 387 g/mol. The SMILES string of the molecule is CC1=C(C(=O)OCc2ccccc2)[C@@]2(C(=O)Nc3ccccc32)C(C#N)=C(N)O1. The van der Waals surface area contributed by atoms with Crippen LogP contribution in [0.3, 0.4) is 0 Å². The number of allylic oxidation sites excluding steroid dienone is 1. The van der Waals surface area contributed by atoms with E-state index in [-0.39, 0.29) is 29.4 Å². The first kappa shape index (κ1) is 18.3. The summed E-state index contributed by atoms with van der Waals surface area (Å²) < 4.78 is 10.9. The summed E-state index contributed by atoms with van der Waals surface area (Å²) in [5, 5.41) is 12.5. The van der Waals surface area contributed by atoms with Crippen molar-refractivity contribution < 1.29 is 19.1 Å². The Morgan fingerprint density at radius 1 is 1.21 bits per heavy atom. The second-order valence-corrected chi connectivity index (χ2v) is 6.70. The number of nitrogens with one attached hydrogen (secondary N) is 1. The minimum Gasteiger partial charge on any atom is -0.457 e. The van der Waals surface area contributed by atoms with Crippen molar-refractivity contribution in [2.24, 2.45) is 5.73 Å². The van der Waals surface area contributed by atoms with E-state index in [2.05, 4.69) is 5.32 Å². The number of ether oxygens (including phenoxy) is 2. The first-order valence-electron chi connectivity index (χ1n) is 8.91. The van der Waals surface area contributed by atoms with Gasteiger partial charge < -0.3 is 20.5 Å². The van der Waals surface area contributed by atoms with E-state index in [9.17, 15) is 14.9 Å². The van der Waals surface area contributed by atoms with Crippen molar-refractivity contribution in [1.29, 1.82) is 5.26 Å². The number of nitrogens with two attached hydrogens (primary N) is 1. The number of carbonyl (C=O) groups is 2. The van der Waals surface area contributed by atoms with E-state index in [0.717, 1.165) is 5.56 Å². The van der Waals surface area contributed by atoms with Crippen LogP contribution in [0.5, 0.6) is 0 Å². The number of anilines is 1. The van der Waals surface area contributed by atoms with Crippen molar-refractivity contribution in [2.45, 2.75) is 18.9 Å². The number of benzene rings is 2. The van der Waals surface area contributed by atoms with E-state index >= 15 is 0 Å². The van der Waals surface area contributed by atoms with Crippen molar-refractivity contribution in [3.05, 3.63) is 88.5 Å². The molecule has 0 aliphatic carbocycles. The van der Waals surface area contributed by atoms with Crippen LogP contribution in [0.1, 0.15) is 18.1 Å². The lowest BCUT2D eigenvalue weighted by atomic mass is 9.68. The normalized spacial score (nSPS) is 20.1. The predicted octanol–water partition coefficient (Wildman–Crippen LogP) is 2.62. The smallest absolute Gasteiger partial charge is 0.339 e. The molecule has 7 heteroatoms. The highest BCUT2D eigenvalue weighted by atomic mass is 16.5. The van der Waals surface area contributed by atoms with Gasteiger partial charge in [-0.2, -0.15) is 5.26 Å². The Kier molecular flexibility index (Phi) is 4.32. The number of hydrogen-bond donors (Lipinski definition) is 2. The van der Waals surface area contributed by atoms with Gasteiger partial charge in [-0.3, -0.25) is 4.79 Å². The molecule has 3 N–H and O–H groups in total. The molecular weight excluding hydrogens is 370 g/mol. The molecule has 0 saturated heterocycles. The topological polar surface area (TPSA) is 114 Å². The predicted molar refractivity (Wildman–Crippen MR) is 104 cm³/mol. The van der Waals surface area contributed by atoms with Gasteiger partial charge in [0.25, 0.3) is 0 Å². The van der Waals surface area contributed by atoms with Gasteiger partial charge in [0.05, 0.1) is 0 Å². The Morgan fingerprint density at radius 3 is 2.62 bits per heavy atom. The molecule has 0 fully saturated rings. The summed E-state index contributed by atoms with van der Waals surface area (Å²) in [6, 6.07) is 18.0. The number of para-hydroxylation sites is 1. The lowest BCUT2D eigenvalue weighted by Crippen LogP contribution is -2.45. The number of nitrogens with zero attached hydrogens (tertiary/aromatic N) is 1. The molecule has 2 aliphatic heterocycles. The average Bonchev–Trinajstić information content (AvgIpc) is 2.99. The highest BCUT2D eigenvalue weighted by Crippen LogP contribution is 2.51. The van der Waals surface area contributed by atoms with Gasteiger partial charge in [-0.05, 0) is 18.6 Å². The third kappa shape index (κ3) is 2.65. The molecule has 7 nitrogen and oxygen atoms in total. The molecule has 0 radical (unpaired) electrons. The summed E-state index contributed by atoms with van der Waals surface area (Å²) in [7, 11) is 0. The maximum Gasteiger partial charge on any atom is 0.339 e. The fourth-order valence-corrected chi connectivity index (χ4v) is 3.83. The van der Waals surface area contributed by atoms with Crippen LogP contribution in [-0.2, 0) is 31.1 Å². The summed E-state index contributed by atoms with van der Waals surface area (Å²) >= 11 is 0. The summed E-state index contributed by atoms with van der Waals surface area (Å²) in [6.45, 7) is 1.53. The second-order valence-electron chi connectivity index (χ2n) is 6.70. The maximum atomic E-state index is 13.2. The molecule has 29 heavy (non-hydrogen) atoms. The van der Waals surface area contributed by atoms with Crippen LogP contribution in [0.2, 0.25) is 0 Å². The lowest BCUT2D eigenvalue weighted by molar-refractivity contribution is -0.142. The molecule has 1 spiro atoms. The first-order valence-corrected chi connectivity index (χ1v) is 8.91. The van der Waals surface area contributed by atoms with Gasteiger partial charge in [-0.1, -0.05) is 48.5 Å².